The third kappa shape index (κ3) is 1.88. The smallest absolute Gasteiger partial charge is 0.124 e. The van der Waals surface area contributed by atoms with E-state index >= 15 is 0 Å². The van der Waals surface area contributed by atoms with Gasteiger partial charge in [0.2, 0.25) is 0 Å². The Labute approximate surface area is 95.2 Å². The van der Waals surface area contributed by atoms with Gasteiger partial charge in [-0.2, -0.15) is 0 Å². The van der Waals surface area contributed by atoms with Crippen LogP contribution in [-0.4, -0.2) is 36.1 Å². The molecule has 0 amide bonds. The molecule has 1 aromatic heterocycles. The molecule has 1 unspecified atom stereocenters. The Morgan fingerprint density at radius 3 is 2.75 bits per heavy atom. The van der Waals surface area contributed by atoms with Crippen molar-refractivity contribution in [1.82, 2.24) is 14.9 Å². The van der Waals surface area contributed by atoms with E-state index in [1.54, 1.807) is 7.11 Å². The topological polar surface area (TPSA) is 41.1 Å². The normalized spacial score (nSPS) is 13.3. The summed E-state index contributed by atoms with van der Waals surface area (Å²) in [5.74, 6) is 1.83. The summed E-state index contributed by atoms with van der Waals surface area (Å²) in [4.78, 5) is 10.00. The van der Waals surface area contributed by atoms with Gasteiger partial charge in [0.05, 0.1) is 24.2 Å². The second-order valence-corrected chi connectivity index (χ2v) is 4.14. The van der Waals surface area contributed by atoms with Crippen molar-refractivity contribution < 1.29 is 4.74 Å². The van der Waals surface area contributed by atoms with Crippen LogP contribution in [0.2, 0.25) is 0 Å². The van der Waals surface area contributed by atoms with Crippen LogP contribution in [0.4, 0.5) is 0 Å². The Balaban J connectivity index is 2.43. The van der Waals surface area contributed by atoms with Gasteiger partial charge in [0.25, 0.3) is 0 Å². The molecule has 1 N–H and O–H groups in total. The van der Waals surface area contributed by atoms with Crippen LogP contribution in [0.25, 0.3) is 11.0 Å². The molecule has 1 heterocycles. The number of nitrogens with zero attached hydrogens (tertiary/aromatic N) is 2. The number of fused-ring (bicyclic) bond motifs is 1. The van der Waals surface area contributed by atoms with Crippen molar-refractivity contribution in [1.29, 1.82) is 0 Å². The number of imidazole rings is 1. The Bertz CT molecular complexity index is 490. The number of nitrogens with one attached hydrogen (secondary N) is 1. The molecule has 2 aromatic rings. The molecule has 4 heteroatoms. The van der Waals surface area contributed by atoms with Crippen LogP contribution in [-0.2, 0) is 0 Å². The monoisotopic (exact) mass is 219 g/mol. The van der Waals surface area contributed by atoms with Gasteiger partial charge in [-0.3, -0.25) is 4.90 Å². The van der Waals surface area contributed by atoms with Crippen molar-refractivity contribution in [2.75, 3.05) is 21.2 Å². The standard InChI is InChI=1S/C12H17N3O/c1-8(15(2)3)12-13-10-6-5-9(16-4)7-11(10)14-12/h5-8H,1-4H3,(H,13,14). The molecule has 0 radical (unpaired) electrons. The number of benzene rings is 1. The molecular weight excluding hydrogens is 202 g/mol. The van der Waals surface area contributed by atoms with Crippen LogP contribution >= 0.6 is 0 Å². The van der Waals surface area contributed by atoms with E-state index < -0.39 is 0 Å². The molecule has 0 bridgehead atoms. The van der Waals surface area contributed by atoms with Crippen LogP contribution in [0.5, 0.6) is 5.75 Å². The van der Waals surface area contributed by atoms with Crippen molar-refractivity contribution in [2.24, 2.45) is 0 Å². The molecular formula is C12H17N3O. The van der Waals surface area contributed by atoms with Gasteiger partial charge < -0.3 is 9.72 Å². The average molecular weight is 219 g/mol. The SMILES string of the molecule is COc1ccc2nc(C(C)N(C)C)[nH]c2c1. The zero-order valence-corrected chi connectivity index (χ0v) is 10.1. The first kappa shape index (κ1) is 11.0. The van der Waals surface area contributed by atoms with Crippen molar-refractivity contribution in [3.8, 4) is 5.75 Å². The number of methoxy groups -OCH3 is 1. The molecule has 0 aliphatic heterocycles. The molecule has 16 heavy (non-hydrogen) atoms. The Kier molecular flexibility index (Phi) is 2.83. The number of hydrogen-bond acceptors (Lipinski definition) is 3. The predicted molar refractivity (Wildman–Crippen MR) is 64.7 cm³/mol. The maximum absolute atomic E-state index is 5.18. The summed E-state index contributed by atoms with van der Waals surface area (Å²) < 4.78 is 5.18. The van der Waals surface area contributed by atoms with Gasteiger partial charge in [0, 0.05) is 6.07 Å². The van der Waals surface area contributed by atoms with Gasteiger partial charge in [-0.25, -0.2) is 4.98 Å². The van der Waals surface area contributed by atoms with E-state index in [0.29, 0.717) is 0 Å². The van der Waals surface area contributed by atoms with E-state index in [4.69, 9.17) is 4.74 Å². The van der Waals surface area contributed by atoms with Gasteiger partial charge in [-0.05, 0) is 33.2 Å². The van der Waals surface area contributed by atoms with Gasteiger partial charge in [-0.15, -0.1) is 0 Å². The Morgan fingerprint density at radius 1 is 1.38 bits per heavy atom. The number of ether oxygens (including phenoxy) is 1. The van der Waals surface area contributed by atoms with Gasteiger partial charge in [-0.1, -0.05) is 0 Å². The average Bonchev–Trinajstić information content (AvgIpc) is 2.69. The van der Waals surface area contributed by atoms with Crippen LogP contribution in [0.1, 0.15) is 18.8 Å². The largest absolute Gasteiger partial charge is 0.497 e. The number of aromatic nitrogens is 2. The summed E-state index contributed by atoms with van der Waals surface area (Å²) in [5, 5.41) is 0. The van der Waals surface area contributed by atoms with Crippen LogP contribution in [0, 0.1) is 0 Å². The first-order valence-electron chi connectivity index (χ1n) is 5.32. The van der Waals surface area contributed by atoms with Crippen molar-refractivity contribution in [3.63, 3.8) is 0 Å². The summed E-state index contributed by atoms with van der Waals surface area (Å²) in [5.41, 5.74) is 1.99. The fourth-order valence-electron chi connectivity index (χ4n) is 1.58. The highest BCUT2D eigenvalue weighted by Crippen LogP contribution is 2.22. The third-order valence-electron chi connectivity index (χ3n) is 2.88. The lowest BCUT2D eigenvalue weighted by molar-refractivity contribution is 0.310. The molecule has 86 valence electrons. The molecule has 0 saturated heterocycles. The lowest BCUT2D eigenvalue weighted by Crippen LogP contribution is -2.17. The first-order valence-corrected chi connectivity index (χ1v) is 5.32. The molecule has 0 fully saturated rings. The molecule has 0 aliphatic rings. The summed E-state index contributed by atoms with van der Waals surface area (Å²) in [6.45, 7) is 2.12. The lowest BCUT2D eigenvalue weighted by Gasteiger charge is -2.16. The van der Waals surface area contributed by atoms with E-state index in [1.807, 2.05) is 32.3 Å². The maximum Gasteiger partial charge on any atom is 0.124 e. The van der Waals surface area contributed by atoms with Crippen LogP contribution in [0.3, 0.4) is 0 Å². The summed E-state index contributed by atoms with van der Waals surface area (Å²) in [6.07, 6.45) is 0. The predicted octanol–water partition coefficient (Wildman–Crippen LogP) is 2.19. The van der Waals surface area contributed by atoms with E-state index in [0.717, 1.165) is 22.6 Å². The summed E-state index contributed by atoms with van der Waals surface area (Å²) in [7, 11) is 5.75. The number of hydrogen-bond donors (Lipinski definition) is 1. The summed E-state index contributed by atoms with van der Waals surface area (Å²) in [6, 6.07) is 6.14. The van der Waals surface area contributed by atoms with Gasteiger partial charge in [0.15, 0.2) is 0 Å². The van der Waals surface area contributed by atoms with Gasteiger partial charge >= 0.3 is 0 Å². The van der Waals surface area contributed by atoms with Crippen molar-refractivity contribution in [3.05, 3.63) is 24.0 Å². The molecule has 0 aliphatic carbocycles. The zero-order chi connectivity index (χ0) is 11.7. The van der Waals surface area contributed by atoms with Gasteiger partial charge in [0.1, 0.15) is 11.6 Å². The van der Waals surface area contributed by atoms with Crippen molar-refractivity contribution >= 4 is 11.0 Å². The highest BCUT2D eigenvalue weighted by atomic mass is 16.5. The molecule has 0 saturated carbocycles. The van der Waals surface area contributed by atoms with Crippen LogP contribution < -0.4 is 4.74 Å². The summed E-state index contributed by atoms with van der Waals surface area (Å²) >= 11 is 0. The third-order valence-corrected chi connectivity index (χ3v) is 2.88. The highest BCUT2D eigenvalue weighted by Gasteiger charge is 2.12. The fraction of sp³-hybridized carbons (Fsp3) is 0.417. The fourth-order valence-corrected chi connectivity index (χ4v) is 1.58. The molecule has 1 aromatic carbocycles. The zero-order valence-electron chi connectivity index (χ0n) is 10.1. The van der Waals surface area contributed by atoms with E-state index in [2.05, 4.69) is 21.8 Å². The lowest BCUT2D eigenvalue weighted by atomic mass is 10.3. The minimum Gasteiger partial charge on any atom is -0.497 e. The van der Waals surface area contributed by atoms with E-state index in [9.17, 15) is 0 Å². The molecule has 4 nitrogen and oxygen atoms in total. The quantitative estimate of drug-likeness (QED) is 0.860. The maximum atomic E-state index is 5.18. The number of H-pyrrole nitrogens is 1. The van der Waals surface area contributed by atoms with Crippen LogP contribution in [0.15, 0.2) is 18.2 Å². The number of aromatic amines is 1. The molecule has 0 spiro atoms. The first-order chi connectivity index (χ1) is 7.61. The molecule has 2 rings (SSSR count). The molecule has 1 atom stereocenters. The second-order valence-electron chi connectivity index (χ2n) is 4.14. The highest BCUT2D eigenvalue weighted by molar-refractivity contribution is 5.76. The van der Waals surface area contributed by atoms with E-state index in [1.165, 1.54) is 0 Å². The second kappa shape index (κ2) is 4.14. The van der Waals surface area contributed by atoms with Crippen molar-refractivity contribution in [2.45, 2.75) is 13.0 Å². The minimum atomic E-state index is 0.276. The Morgan fingerprint density at radius 2 is 2.12 bits per heavy atom. The Hall–Kier alpha value is -1.55. The minimum absolute atomic E-state index is 0.276. The van der Waals surface area contributed by atoms with E-state index in [-0.39, 0.29) is 6.04 Å². The number of rotatable bonds is 3.